The third kappa shape index (κ3) is 4.37. The number of hydrogen-bond acceptors (Lipinski definition) is 6. The number of benzene rings is 2. The SMILES string of the molecule is CC[C@@H](Oc1ccc2ccccc2c1Br)C(=O)N/N=C\c1ccc([N+](=O)[O-])o1. The molecule has 144 valence electrons. The maximum absolute atomic E-state index is 12.4. The summed E-state index contributed by atoms with van der Waals surface area (Å²) in [6.45, 7) is 1.82. The zero-order valence-corrected chi connectivity index (χ0v) is 16.4. The smallest absolute Gasteiger partial charge is 0.433 e. The van der Waals surface area contributed by atoms with Gasteiger partial charge in [0.2, 0.25) is 0 Å². The molecule has 0 saturated carbocycles. The van der Waals surface area contributed by atoms with Gasteiger partial charge in [-0.05, 0) is 45.3 Å². The molecule has 9 heteroatoms. The topological polar surface area (TPSA) is 107 Å². The summed E-state index contributed by atoms with van der Waals surface area (Å²) in [5.74, 6) is -0.145. The molecule has 0 aliphatic rings. The Labute approximate surface area is 168 Å². The van der Waals surface area contributed by atoms with Crippen LogP contribution in [0.5, 0.6) is 5.75 Å². The van der Waals surface area contributed by atoms with Gasteiger partial charge < -0.3 is 9.15 Å². The minimum atomic E-state index is -0.763. The number of furan rings is 1. The van der Waals surface area contributed by atoms with Crippen LogP contribution < -0.4 is 10.2 Å². The monoisotopic (exact) mass is 445 g/mol. The van der Waals surface area contributed by atoms with Crippen LogP contribution in [0.3, 0.4) is 0 Å². The number of hydrogen-bond donors (Lipinski definition) is 1. The molecule has 0 spiro atoms. The Bertz CT molecular complexity index is 1050. The Kier molecular flexibility index (Phi) is 6.05. The van der Waals surface area contributed by atoms with Crippen molar-refractivity contribution in [1.82, 2.24) is 5.43 Å². The summed E-state index contributed by atoms with van der Waals surface area (Å²) in [4.78, 5) is 22.3. The summed E-state index contributed by atoms with van der Waals surface area (Å²) in [7, 11) is 0. The Balaban J connectivity index is 1.67. The fraction of sp³-hybridized carbons (Fsp3) is 0.158. The van der Waals surface area contributed by atoms with Crippen LogP contribution in [0.2, 0.25) is 0 Å². The average molecular weight is 446 g/mol. The number of carbonyl (C=O) groups is 1. The van der Waals surface area contributed by atoms with E-state index in [1.165, 1.54) is 18.3 Å². The van der Waals surface area contributed by atoms with Gasteiger partial charge in [0.15, 0.2) is 11.9 Å². The number of amides is 1. The molecule has 3 aromatic rings. The van der Waals surface area contributed by atoms with Crippen molar-refractivity contribution >= 4 is 44.7 Å². The molecule has 0 aliphatic carbocycles. The van der Waals surface area contributed by atoms with Crippen molar-refractivity contribution in [3.8, 4) is 5.75 Å². The Morgan fingerprint density at radius 3 is 2.82 bits per heavy atom. The number of fused-ring (bicyclic) bond motifs is 1. The largest absolute Gasteiger partial charge is 0.479 e. The molecule has 0 fully saturated rings. The van der Waals surface area contributed by atoms with Crippen LogP contribution in [0.1, 0.15) is 19.1 Å². The number of rotatable bonds is 7. The van der Waals surface area contributed by atoms with Crippen LogP contribution in [0.4, 0.5) is 5.88 Å². The minimum Gasteiger partial charge on any atom is -0.479 e. The van der Waals surface area contributed by atoms with Crippen molar-refractivity contribution in [2.24, 2.45) is 5.10 Å². The van der Waals surface area contributed by atoms with E-state index in [1.807, 2.05) is 37.3 Å². The van der Waals surface area contributed by atoms with Crippen LogP contribution in [0.25, 0.3) is 10.8 Å². The number of halogens is 1. The molecular formula is C19H16BrN3O5. The van der Waals surface area contributed by atoms with Gasteiger partial charge >= 0.3 is 5.88 Å². The normalized spacial score (nSPS) is 12.2. The molecule has 28 heavy (non-hydrogen) atoms. The fourth-order valence-electron chi connectivity index (χ4n) is 2.52. The zero-order valence-electron chi connectivity index (χ0n) is 14.8. The predicted molar refractivity (Wildman–Crippen MR) is 107 cm³/mol. The standard InChI is InChI=1S/C19H16BrN3O5/c1-2-15(19(24)22-21-11-13-8-10-17(27-13)23(25)26)28-16-9-7-12-5-3-4-6-14(12)18(16)20/h3-11,15H,2H2,1H3,(H,22,24)/b21-11-/t15-/m1/s1. The van der Waals surface area contributed by atoms with Gasteiger partial charge in [0.1, 0.15) is 10.7 Å². The zero-order chi connectivity index (χ0) is 20.1. The van der Waals surface area contributed by atoms with E-state index in [0.29, 0.717) is 12.2 Å². The van der Waals surface area contributed by atoms with Crippen molar-refractivity contribution in [3.05, 3.63) is 68.9 Å². The molecule has 3 rings (SSSR count). The van der Waals surface area contributed by atoms with Crippen molar-refractivity contribution in [3.63, 3.8) is 0 Å². The summed E-state index contributed by atoms with van der Waals surface area (Å²) in [5.41, 5.74) is 2.36. The molecule has 8 nitrogen and oxygen atoms in total. The molecule has 0 unspecified atom stereocenters. The minimum absolute atomic E-state index is 0.151. The maximum Gasteiger partial charge on any atom is 0.433 e. The number of nitro groups is 1. The van der Waals surface area contributed by atoms with Crippen LogP contribution >= 0.6 is 15.9 Å². The van der Waals surface area contributed by atoms with Crippen LogP contribution in [-0.2, 0) is 4.79 Å². The van der Waals surface area contributed by atoms with Crippen molar-refractivity contribution in [1.29, 1.82) is 0 Å². The summed E-state index contributed by atoms with van der Waals surface area (Å²) >= 11 is 3.53. The third-order valence-corrected chi connectivity index (χ3v) is 4.74. The first-order valence-corrected chi connectivity index (χ1v) is 9.20. The molecule has 0 bridgehead atoms. The average Bonchev–Trinajstić information content (AvgIpc) is 3.17. The highest BCUT2D eigenvalue weighted by Gasteiger charge is 2.20. The van der Waals surface area contributed by atoms with E-state index in [0.717, 1.165) is 15.2 Å². The van der Waals surface area contributed by atoms with Gasteiger partial charge in [-0.3, -0.25) is 14.9 Å². The molecule has 1 amide bonds. The van der Waals surface area contributed by atoms with Gasteiger partial charge in [0.25, 0.3) is 5.91 Å². The van der Waals surface area contributed by atoms with E-state index in [-0.39, 0.29) is 5.76 Å². The molecule has 0 radical (unpaired) electrons. The van der Waals surface area contributed by atoms with Gasteiger partial charge in [0.05, 0.1) is 16.8 Å². The quantitative estimate of drug-likeness (QED) is 0.329. The number of hydrazone groups is 1. The fourth-order valence-corrected chi connectivity index (χ4v) is 3.11. The third-order valence-electron chi connectivity index (χ3n) is 3.92. The van der Waals surface area contributed by atoms with Gasteiger partial charge in [-0.2, -0.15) is 5.10 Å². The molecule has 0 aliphatic heterocycles. The number of nitrogens with one attached hydrogen (secondary N) is 1. The van der Waals surface area contributed by atoms with E-state index in [2.05, 4.69) is 26.5 Å². The first-order chi connectivity index (χ1) is 13.5. The van der Waals surface area contributed by atoms with E-state index in [1.54, 1.807) is 6.07 Å². The number of nitrogens with zero attached hydrogens (tertiary/aromatic N) is 2. The second-order valence-electron chi connectivity index (χ2n) is 5.78. The highest BCUT2D eigenvalue weighted by atomic mass is 79.9. The lowest BCUT2D eigenvalue weighted by atomic mass is 10.1. The maximum atomic E-state index is 12.4. The summed E-state index contributed by atoms with van der Waals surface area (Å²) in [6, 6.07) is 14.1. The molecular weight excluding hydrogens is 430 g/mol. The van der Waals surface area contributed by atoms with Crippen LogP contribution in [-0.4, -0.2) is 23.1 Å². The number of ether oxygens (including phenoxy) is 1. The van der Waals surface area contributed by atoms with Gasteiger partial charge in [-0.1, -0.05) is 37.3 Å². The Morgan fingerprint density at radius 2 is 2.11 bits per heavy atom. The molecule has 1 atom stereocenters. The van der Waals surface area contributed by atoms with Gasteiger partial charge in [-0.25, -0.2) is 5.43 Å². The van der Waals surface area contributed by atoms with E-state index < -0.39 is 22.8 Å². The van der Waals surface area contributed by atoms with Crippen molar-refractivity contribution < 1.29 is 18.9 Å². The van der Waals surface area contributed by atoms with E-state index in [4.69, 9.17) is 9.15 Å². The Morgan fingerprint density at radius 1 is 1.32 bits per heavy atom. The first-order valence-electron chi connectivity index (χ1n) is 8.40. The predicted octanol–water partition coefficient (Wildman–Crippen LogP) is 4.41. The van der Waals surface area contributed by atoms with Gasteiger partial charge in [-0.15, -0.1) is 0 Å². The Hall–Kier alpha value is -3.20. The lowest BCUT2D eigenvalue weighted by molar-refractivity contribution is -0.402. The summed E-state index contributed by atoms with van der Waals surface area (Å²) in [6.07, 6.45) is 0.844. The molecule has 0 saturated heterocycles. The lowest BCUT2D eigenvalue weighted by Gasteiger charge is -2.17. The molecule has 1 N–H and O–H groups in total. The summed E-state index contributed by atoms with van der Waals surface area (Å²) < 4.78 is 11.6. The van der Waals surface area contributed by atoms with Crippen LogP contribution in [0.15, 0.2) is 62.5 Å². The lowest BCUT2D eigenvalue weighted by Crippen LogP contribution is -2.35. The van der Waals surface area contributed by atoms with Crippen molar-refractivity contribution in [2.45, 2.75) is 19.4 Å². The highest BCUT2D eigenvalue weighted by molar-refractivity contribution is 9.10. The second kappa shape index (κ2) is 8.66. The second-order valence-corrected chi connectivity index (χ2v) is 6.57. The van der Waals surface area contributed by atoms with Crippen LogP contribution in [0, 0.1) is 10.1 Å². The molecule has 1 aromatic heterocycles. The van der Waals surface area contributed by atoms with Gasteiger partial charge in [0, 0.05) is 0 Å². The van der Waals surface area contributed by atoms with E-state index in [9.17, 15) is 14.9 Å². The number of carbonyl (C=O) groups excluding carboxylic acids is 1. The first kappa shape index (κ1) is 19.6. The van der Waals surface area contributed by atoms with E-state index >= 15 is 0 Å². The molecule has 1 heterocycles. The van der Waals surface area contributed by atoms with Crippen molar-refractivity contribution in [2.75, 3.05) is 0 Å². The highest BCUT2D eigenvalue weighted by Crippen LogP contribution is 2.33. The summed E-state index contributed by atoms with van der Waals surface area (Å²) in [5, 5.41) is 16.4. The molecule has 2 aromatic carbocycles.